The predicted octanol–water partition coefficient (Wildman–Crippen LogP) is 14.4. The Hall–Kier alpha value is -11.9. The Kier molecular flexibility index (Phi) is 23.8. The fourth-order valence-corrected chi connectivity index (χ4v) is 11.3. The molecule has 0 radical (unpaired) electrons. The van der Waals surface area contributed by atoms with Crippen LogP contribution in [0.3, 0.4) is 0 Å². The molecule has 5 aromatic heterocycles. The number of ether oxygens (including phenoxy) is 3. The molecule has 504 valence electrons. The van der Waals surface area contributed by atoms with Crippen molar-refractivity contribution in [2.75, 3.05) is 21.3 Å². The Balaban J connectivity index is 0.000000144. The van der Waals surface area contributed by atoms with E-state index in [1.165, 1.54) is 41.1 Å². The molecule has 13 aromatic rings. The first kappa shape index (κ1) is 69.9. The van der Waals surface area contributed by atoms with E-state index < -0.39 is 4.92 Å². The van der Waals surface area contributed by atoms with Crippen molar-refractivity contribution in [1.29, 1.82) is 0 Å². The van der Waals surface area contributed by atoms with Gasteiger partial charge in [-0.05, 0) is 213 Å². The minimum atomic E-state index is -0.455. The Morgan fingerprint density at radius 3 is 1.11 bits per heavy atom. The molecule has 0 fully saturated rings. The number of nitrogens with one attached hydrogen (secondary N) is 7. The van der Waals surface area contributed by atoms with E-state index in [2.05, 4.69) is 45.7 Å². The highest BCUT2D eigenvalue weighted by Crippen LogP contribution is 2.29. The Morgan fingerprint density at radius 2 is 0.758 bits per heavy atom. The summed E-state index contributed by atoms with van der Waals surface area (Å²) in [5, 5.41) is 31.9. The van der Waals surface area contributed by atoms with Gasteiger partial charge in [0.1, 0.15) is 28.9 Å². The molecule has 0 saturated carbocycles. The Morgan fingerprint density at radius 1 is 0.414 bits per heavy atom. The van der Waals surface area contributed by atoms with Crippen molar-refractivity contribution < 1.29 is 27.9 Å². The third kappa shape index (κ3) is 18.6. The lowest BCUT2D eigenvalue weighted by molar-refractivity contribution is -0.384. The third-order valence-corrected chi connectivity index (χ3v) is 16.6. The monoisotopic (exact) mass is 1370 g/mol. The molecule has 20 nitrogen and oxygen atoms in total. The van der Waals surface area contributed by atoms with E-state index in [9.17, 15) is 38.1 Å². The molecule has 0 aliphatic carbocycles. The molecule has 8 aromatic carbocycles. The van der Waals surface area contributed by atoms with Crippen LogP contribution in [-0.4, -0.2) is 76.6 Å². The van der Waals surface area contributed by atoms with Crippen molar-refractivity contribution in [2.45, 2.75) is 51.4 Å². The number of nitro benzene ring substituents is 1. The van der Waals surface area contributed by atoms with E-state index >= 15 is 0 Å². The van der Waals surface area contributed by atoms with Crippen LogP contribution in [-0.2, 0) is 51.4 Å². The van der Waals surface area contributed by atoms with Crippen molar-refractivity contribution in [3.05, 3.63) is 330 Å². The molecule has 7 N–H and O–H groups in total. The summed E-state index contributed by atoms with van der Waals surface area (Å²) in [4.78, 5) is 67.9. The second-order valence-corrected chi connectivity index (χ2v) is 23.3. The number of methoxy groups -OCH3 is 3. The number of non-ortho nitro benzene ring substituents is 1. The van der Waals surface area contributed by atoms with E-state index in [-0.39, 0.29) is 45.5 Å². The standard InChI is InChI=1S/C22H19FN4O2.C18H17ClN2O2.C18H17FN2O2.C17H14ClN3O3/c1-29-18-10-6-16(7-11-18)20-19(12-5-15-3-8-17(23)9-4-15)21(28)27(26-20)22-24-13-2-14-25-22;1-23-15-8-6-13(7-9-15)17-16(18(22)21-20-17)10-5-12-3-2-4-14(19)11-12;1-23-15-9-5-13(6-10-15)17-16(18(22)21-20-17)11-4-12-2-7-14(19)8-3-12;18-13-3-1-2-11(10-13)4-9-15-16(19-20-17(15)22)12-5-7-14(8-6-12)21(23)24/h2-4,6-11,13-14,26H,5,12H2,1H3;2-4,6-9,11H,5,10H2,1H3,(H2,20,21,22);2-3,5-10H,4,11H2,1H3,(H2,20,21,22);1-3,5-8,10H,4,9H2,(H2,19,20,22). The van der Waals surface area contributed by atoms with E-state index in [4.69, 9.17) is 37.4 Å². The van der Waals surface area contributed by atoms with Gasteiger partial charge in [-0.15, -0.1) is 0 Å². The van der Waals surface area contributed by atoms with Crippen LogP contribution in [0.15, 0.2) is 232 Å². The average Bonchev–Trinajstić information content (AvgIpc) is 1.64. The number of hydrogen-bond donors (Lipinski definition) is 7. The van der Waals surface area contributed by atoms with Crippen LogP contribution in [0.1, 0.15) is 44.5 Å². The summed E-state index contributed by atoms with van der Waals surface area (Å²) in [6.45, 7) is 0. The van der Waals surface area contributed by atoms with Crippen LogP contribution >= 0.6 is 23.2 Å². The van der Waals surface area contributed by atoms with Gasteiger partial charge < -0.3 is 14.2 Å². The molecule has 0 aliphatic heterocycles. The third-order valence-electron chi connectivity index (χ3n) is 16.1. The minimum absolute atomic E-state index is 0.0112. The van der Waals surface area contributed by atoms with E-state index in [0.29, 0.717) is 83.1 Å². The maximum Gasteiger partial charge on any atom is 0.277 e. The van der Waals surface area contributed by atoms with Crippen LogP contribution in [0.4, 0.5) is 14.5 Å². The molecule has 0 aliphatic rings. The van der Waals surface area contributed by atoms with Crippen LogP contribution in [0.5, 0.6) is 17.2 Å². The van der Waals surface area contributed by atoms with E-state index in [0.717, 1.165) is 85.1 Å². The largest absolute Gasteiger partial charge is 0.497 e. The second-order valence-electron chi connectivity index (χ2n) is 22.5. The summed E-state index contributed by atoms with van der Waals surface area (Å²) >= 11 is 12.0. The summed E-state index contributed by atoms with van der Waals surface area (Å²) in [7, 11) is 4.85. The van der Waals surface area contributed by atoms with Gasteiger partial charge in [-0.1, -0.05) is 71.7 Å². The predicted molar refractivity (Wildman–Crippen MR) is 380 cm³/mol. The van der Waals surface area contributed by atoms with Gasteiger partial charge in [-0.3, -0.25) is 65.0 Å². The lowest BCUT2D eigenvalue weighted by atomic mass is 10.0. The van der Waals surface area contributed by atoms with Crippen molar-refractivity contribution >= 4 is 28.9 Å². The van der Waals surface area contributed by atoms with Gasteiger partial charge in [0, 0.05) is 79.1 Å². The summed E-state index contributed by atoms with van der Waals surface area (Å²) in [5.41, 5.74) is 12.6. The van der Waals surface area contributed by atoms with Gasteiger partial charge in [-0.2, -0.15) is 4.68 Å². The maximum absolute atomic E-state index is 13.2. The smallest absolute Gasteiger partial charge is 0.277 e. The highest BCUT2D eigenvalue weighted by Gasteiger charge is 2.20. The van der Waals surface area contributed by atoms with Crippen LogP contribution < -0.4 is 36.4 Å². The normalized spacial score (nSPS) is 10.7. The molecule has 0 spiro atoms. The Bertz CT molecular complexity index is 5030. The zero-order valence-electron chi connectivity index (χ0n) is 53.8. The van der Waals surface area contributed by atoms with Gasteiger partial charge in [0.25, 0.3) is 33.9 Å². The number of aromatic amines is 7. The molecule has 24 heteroatoms. The molecule has 99 heavy (non-hydrogen) atoms. The van der Waals surface area contributed by atoms with Gasteiger partial charge in [0.2, 0.25) is 0 Å². The Labute approximate surface area is 575 Å². The number of aromatic nitrogens is 10. The summed E-state index contributed by atoms with van der Waals surface area (Å²) < 4.78 is 43.0. The highest BCUT2D eigenvalue weighted by molar-refractivity contribution is 6.30. The quantitative estimate of drug-likeness (QED) is 0.0262. The summed E-state index contributed by atoms with van der Waals surface area (Å²) in [5.74, 6) is 2.02. The number of benzene rings is 8. The van der Waals surface area contributed by atoms with E-state index in [1.807, 2.05) is 115 Å². The number of nitrogens with zero attached hydrogens (tertiary/aromatic N) is 4. The SMILES string of the molecule is COc1ccc(-c2[nH][nH]c(=O)c2CCc2ccc(F)cc2)cc1.COc1ccc(-c2[nH][nH]c(=O)c2CCc2cccc(Cl)c2)cc1.COc1ccc(-c2[nH]n(-c3ncccn3)c(=O)c2CCc2ccc(F)cc2)cc1.O=c1[nH][nH]c(-c2ccc([N+](=O)[O-])cc2)c1CCc1cccc(Cl)c1. The van der Waals surface area contributed by atoms with Gasteiger partial charge in [-0.25, -0.2) is 18.7 Å². The fraction of sp³-hybridized carbons (Fsp3) is 0.147. The van der Waals surface area contributed by atoms with Crippen molar-refractivity contribution in [3.63, 3.8) is 0 Å². The number of rotatable bonds is 21. The second kappa shape index (κ2) is 33.7. The fourth-order valence-electron chi connectivity index (χ4n) is 10.9. The molecule has 0 saturated heterocycles. The maximum atomic E-state index is 13.2. The highest BCUT2D eigenvalue weighted by atomic mass is 35.5. The average molecular weight is 1380 g/mol. The number of H-pyrrole nitrogens is 7. The molecule has 5 heterocycles. The molecular weight excluding hydrogens is 1310 g/mol. The number of nitro groups is 1. The zero-order valence-corrected chi connectivity index (χ0v) is 55.4. The van der Waals surface area contributed by atoms with Crippen molar-refractivity contribution in [1.82, 2.24) is 50.3 Å². The molecular formula is C75H67Cl2F2N11O9. The van der Waals surface area contributed by atoms with Gasteiger partial charge in [0.05, 0.1) is 49.0 Å². The first-order valence-electron chi connectivity index (χ1n) is 31.2. The van der Waals surface area contributed by atoms with Crippen molar-refractivity contribution in [2.24, 2.45) is 0 Å². The molecule has 0 bridgehead atoms. The van der Waals surface area contributed by atoms with E-state index in [1.54, 1.807) is 82.3 Å². The zero-order chi connectivity index (χ0) is 69.8. The number of aryl methyl sites for hydroxylation is 4. The first-order valence-corrected chi connectivity index (χ1v) is 32.0. The number of hydrogen-bond acceptors (Lipinski definition) is 11. The molecule has 0 atom stereocenters. The lowest BCUT2D eigenvalue weighted by Gasteiger charge is -2.05. The van der Waals surface area contributed by atoms with Crippen LogP contribution in [0.2, 0.25) is 10.0 Å². The minimum Gasteiger partial charge on any atom is -0.497 e. The summed E-state index contributed by atoms with van der Waals surface area (Å²) in [6, 6.07) is 58.2. The molecule has 13 rings (SSSR count). The molecule has 0 amide bonds. The number of halogens is 4. The topological polar surface area (TPSA) is 280 Å². The summed E-state index contributed by atoms with van der Waals surface area (Å²) in [6.07, 6.45) is 8.10. The van der Waals surface area contributed by atoms with Crippen LogP contribution in [0.25, 0.3) is 51.0 Å². The van der Waals surface area contributed by atoms with Crippen LogP contribution in [0, 0.1) is 21.7 Å². The van der Waals surface area contributed by atoms with Crippen molar-refractivity contribution in [3.8, 4) is 68.2 Å². The first-order chi connectivity index (χ1) is 48.0. The van der Waals surface area contributed by atoms with Gasteiger partial charge >= 0.3 is 0 Å². The lowest BCUT2D eigenvalue weighted by Crippen LogP contribution is -2.19. The molecule has 0 unspecified atom stereocenters. The van der Waals surface area contributed by atoms with Gasteiger partial charge in [0.15, 0.2) is 0 Å².